The highest BCUT2D eigenvalue weighted by atomic mass is 127. The van der Waals surface area contributed by atoms with E-state index in [1.807, 2.05) is 7.05 Å². The zero-order valence-electron chi connectivity index (χ0n) is 18.8. The lowest BCUT2D eigenvalue weighted by molar-refractivity contribution is 0.115. The third-order valence-corrected chi connectivity index (χ3v) is 6.80. The molecule has 0 aromatic carbocycles. The summed E-state index contributed by atoms with van der Waals surface area (Å²) >= 11 is 0. The summed E-state index contributed by atoms with van der Waals surface area (Å²) in [6.07, 6.45) is 11.1. The fourth-order valence-electron chi connectivity index (χ4n) is 5.16. The highest BCUT2D eigenvalue weighted by Gasteiger charge is 2.36. The van der Waals surface area contributed by atoms with Gasteiger partial charge in [-0.05, 0) is 44.9 Å². The van der Waals surface area contributed by atoms with E-state index in [0.29, 0.717) is 12.0 Å². The van der Waals surface area contributed by atoms with Crippen LogP contribution in [-0.2, 0) is 17.8 Å². The number of methoxy groups -OCH3 is 1. The molecule has 0 bridgehead atoms. The van der Waals surface area contributed by atoms with Gasteiger partial charge >= 0.3 is 0 Å². The first kappa shape index (κ1) is 24.4. The molecule has 1 aromatic heterocycles. The number of aromatic nitrogens is 2. The summed E-state index contributed by atoms with van der Waals surface area (Å²) < 4.78 is 7.26. The molecule has 0 unspecified atom stereocenters. The Kier molecular flexibility index (Phi) is 9.72. The van der Waals surface area contributed by atoms with E-state index in [-0.39, 0.29) is 24.0 Å². The van der Waals surface area contributed by atoms with Crippen LogP contribution in [0.15, 0.2) is 4.99 Å². The summed E-state index contributed by atoms with van der Waals surface area (Å²) in [5, 5.41) is 8.32. The van der Waals surface area contributed by atoms with E-state index in [1.54, 1.807) is 7.11 Å². The first-order valence-corrected chi connectivity index (χ1v) is 11.1. The molecule has 1 aliphatic heterocycles. The Morgan fingerprint density at radius 1 is 1.14 bits per heavy atom. The van der Waals surface area contributed by atoms with Gasteiger partial charge in [-0.1, -0.05) is 25.7 Å². The molecule has 0 atom stereocenters. The standard InChI is InChI=1S/C22H39N5O.HI/c1-18-20(19(2)27(25-18)14-15-28-4)16-24-21(23-3)26-13-9-12-22(17-26)10-7-5-6-8-11-22;/h5-17H2,1-4H3,(H,23,24);1H. The number of hydrogen-bond donors (Lipinski definition) is 1. The Bertz CT molecular complexity index is 664. The quantitative estimate of drug-likeness (QED) is 0.360. The van der Waals surface area contributed by atoms with E-state index in [2.05, 4.69) is 38.8 Å². The fourth-order valence-corrected chi connectivity index (χ4v) is 5.16. The molecular weight excluding hydrogens is 477 g/mol. The van der Waals surface area contributed by atoms with Crippen molar-refractivity contribution in [2.75, 3.05) is 33.9 Å². The second-order valence-corrected chi connectivity index (χ2v) is 8.71. The maximum absolute atomic E-state index is 5.21. The highest BCUT2D eigenvalue weighted by molar-refractivity contribution is 14.0. The van der Waals surface area contributed by atoms with E-state index in [4.69, 9.17) is 4.74 Å². The second kappa shape index (κ2) is 11.5. The number of ether oxygens (including phenoxy) is 1. The average Bonchev–Trinajstić information content (AvgIpc) is 2.85. The SMILES string of the molecule is CN=C(NCc1c(C)nn(CCOC)c1C)N1CCCC2(CCCCCC2)C1.I. The van der Waals surface area contributed by atoms with Crippen LogP contribution in [0.4, 0.5) is 0 Å². The van der Waals surface area contributed by atoms with E-state index in [0.717, 1.165) is 37.8 Å². The minimum Gasteiger partial charge on any atom is -0.383 e. The molecule has 1 saturated carbocycles. The maximum atomic E-state index is 5.21. The number of nitrogens with one attached hydrogen (secondary N) is 1. The van der Waals surface area contributed by atoms with E-state index < -0.39 is 0 Å². The van der Waals surface area contributed by atoms with Crippen LogP contribution in [-0.4, -0.2) is 54.5 Å². The Hall–Kier alpha value is -0.830. The zero-order chi connectivity index (χ0) is 20.0. The lowest BCUT2D eigenvalue weighted by atomic mass is 9.74. The number of guanidine groups is 1. The fraction of sp³-hybridized carbons (Fsp3) is 0.818. The Morgan fingerprint density at radius 2 is 1.83 bits per heavy atom. The van der Waals surface area contributed by atoms with Crippen LogP contribution in [0.2, 0.25) is 0 Å². The molecule has 0 radical (unpaired) electrons. The first-order valence-electron chi connectivity index (χ1n) is 11.1. The molecule has 3 rings (SSSR count). The van der Waals surface area contributed by atoms with Crippen LogP contribution in [0.3, 0.4) is 0 Å². The molecular formula is C22H40IN5O. The lowest BCUT2D eigenvalue weighted by Crippen LogP contribution is -2.50. The van der Waals surface area contributed by atoms with Crippen molar-refractivity contribution in [3.63, 3.8) is 0 Å². The monoisotopic (exact) mass is 517 g/mol. The molecule has 29 heavy (non-hydrogen) atoms. The first-order chi connectivity index (χ1) is 13.6. The maximum Gasteiger partial charge on any atom is 0.193 e. The molecule has 1 N–H and O–H groups in total. The van der Waals surface area contributed by atoms with Gasteiger partial charge in [0.05, 0.1) is 18.8 Å². The summed E-state index contributed by atoms with van der Waals surface area (Å²) in [7, 11) is 3.65. The Balaban J connectivity index is 0.00000300. The van der Waals surface area contributed by atoms with Crippen LogP contribution in [0.5, 0.6) is 0 Å². The molecule has 166 valence electrons. The number of hydrogen-bond acceptors (Lipinski definition) is 3. The van der Waals surface area contributed by atoms with Gasteiger partial charge in [-0.25, -0.2) is 0 Å². The van der Waals surface area contributed by atoms with Gasteiger partial charge in [-0.2, -0.15) is 5.10 Å². The number of likely N-dealkylation sites (tertiary alicyclic amines) is 1. The number of rotatable bonds is 5. The van der Waals surface area contributed by atoms with Gasteiger partial charge < -0.3 is 15.0 Å². The zero-order valence-corrected chi connectivity index (χ0v) is 21.1. The molecule has 1 spiro atoms. The summed E-state index contributed by atoms with van der Waals surface area (Å²) in [6, 6.07) is 0. The minimum atomic E-state index is 0. The molecule has 6 nitrogen and oxygen atoms in total. The van der Waals surface area contributed by atoms with Crippen molar-refractivity contribution in [1.29, 1.82) is 0 Å². The summed E-state index contributed by atoms with van der Waals surface area (Å²) in [6.45, 7) is 8.79. The summed E-state index contributed by atoms with van der Waals surface area (Å²) in [5.74, 6) is 1.05. The number of piperidine rings is 1. The van der Waals surface area contributed by atoms with E-state index in [1.165, 1.54) is 62.6 Å². The van der Waals surface area contributed by atoms with Crippen molar-refractivity contribution in [1.82, 2.24) is 20.0 Å². The van der Waals surface area contributed by atoms with Crippen molar-refractivity contribution in [2.24, 2.45) is 10.4 Å². The van der Waals surface area contributed by atoms with Gasteiger partial charge in [0, 0.05) is 45.0 Å². The third-order valence-electron chi connectivity index (χ3n) is 6.80. The largest absolute Gasteiger partial charge is 0.383 e. The number of aliphatic imine (C=N–C) groups is 1. The van der Waals surface area contributed by atoms with Crippen LogP contribution in [0.25, 0.3) is 0 Å². The van der Waals surface area contributed by atoms with Gasteiger partial charge in [0.25, 0.3) is 0 Å². The summed E-state index contributed by atoms with van der Waals surface area (Å²) in [4.78, 5) is 7.14. The van der Waals surface area contributed by atoms with Crippen LogP contribution in [0, 0.1) is 19.3 Å². The van der Waals surface area contributed by atoms with E-state index in [9.17, 15) is 0 Å². The minimum absolute atomic E-state index is 0. The lowest BCUT2D eigenvalue weighted by Gasteiger charge is -2.44. The van der Waals surface area contributed by atoms with Gasteiger partial charge in [0.1, 0.15) is 0 Å². The topological polar surface area (TPSA) is 54.7 Å². The number of nitrogens with zero attached hydrogens (tertiary/aromatic N) is 4. The van der Waals surface area contributed by atoms with Crippen LogP contribution < -0.4 is 5.32 Å². The molecule has 2 aliphatic rings. The molecule has 2 fully saturated rings. The number of aryl methyl sites for hydroxylation is 1. The molecule has 1 aliphatic carbocycles. The van der Waals surface area contributed by atoms with Gasteiger partial charge in [-0.3, -0.25) is 9.67 Å². The van der Waals surface area contributed by atoms with Crippen molar-refractivity contribution in [2.45, 2.75) is 78.3 Å². The predicted octanol–water partition coefficient (Wildman–Crippen LogP) is 4.28. The third kappa shape index (κ3) is 6.09. The average molecular weight is 518 g/mol. The molecule has 1 aromatic rings. The molecule has 2 heterocycles. The predicted molar refractivity (Wildman–Crippen MR) is 130 cm³/mol. The van der Waals surface area contributed by atoms with Gasteiger partial charge in [-0.15, -0.1) is 24.0 Å². The molecule has 0 amide bonds. The van der Waals surface area contributed by atoms with Crippen molar-refractivity contribution >= 4 is 29.9 Å². The van der Waals surface area contributed by atoms with Crippen LogP contribution >= 0.6 is 24.0 Å². The number of halogens is 1. The van der Waals surface area contributed by atoms with E-state index >= 15 is 0 Å². The molecule has 1 saturated heterocycles. The second-order valence-electron chi connectivity index (χ2n) is 8.71. The molecule has 7 heteroatoms. The van der Waals surface area contributed by atoms with Crippen LogP contribution in [0.1, 0.15) is 68.3 Å². The van der Waals surface area contributed by atoms with Crippen molar-refractivity contribution in [3.05, 3.63) is 17.0 Å². The highest BCUT2D eigenvalue weighted by Crippen LogP contribution is 2.42. The summed E-state index contributed by atoms with van der Waals surface area (Å²) in [5.41, 5.74) is 4.11. The van der Waals surface area contributed by atoms with Crippen molar-refractivity contribution in [3.8, 4) is 0 Å². The van der Waals surface area contributed by atoms with Crippen molar-refractivity contribution < 1.29 is 4.74 Å². The van der Waals surface area contributed by atoms with Gasteiger partial charge in [0.15, 0.2) is 5.96 Å². The van der Waals surface area contributed by atoms with Gasteiger partial charge in [0.2, 0.25) is 0 Å². The Morgan fingerprint density at radius 3 is 2.48 bits per heavy atom. The normalized spacial score (nSPS) is 19.7. The smallest absolute Gasteiger partial charge is 0.193 e. The Labute approximate surface area is 193 Å².